The Morgan fingerprint density at radius 3 is 2.18 bits per heavy atom. The zero-order valence-electron chi connectivity index (χ0n) is 14.8. The van der Waals surface area contributed by atoms with Crippen molar-refractivity contribution >= 4 is 52.0 Å². The van der Waals surface area contributed by atoms with E-state index in [-0.39, 0.29) is 11.3 Å². The highest BCUT2D eigenvalue weighted by Crippen LogP contribution is 2.30. The molecule has 142 valence electrons. The van der Waals surface area contributed by atoms with Crippen LogP contribution in [0.1, 0.15) is 26.3 Å². The summed E-state index contributed by atoms with van der Waals surface area (Å²) in [5.74, 6) is -0.819. The van der Waals surface area contributed by atoms with Gasteiger partial charge in [-0.15, -0.1) is 0 Å². The monoisotopic (exact) mass is 414 g/mol. The molecule has 0 spiro atoms. The van der Waals surface area contributed by atoms with Gasteiger partial charge in [0.15, 0.2) is 5.78 Å². The molecule has 0 unspecified atom stereocenters. The highest BCUT2D eigenvalue weighted by Gasteiger charge is 2.17. The van der Waals surface area contributed by atoms with Crippen LogP contribution in [-0.2, 0) is 4.74 Å². The molecule has 0 aliphatic heterocycles. The fraction of sp³-hybridized carbons (Fsp3) is 0.0476. The largest absolute Gasteiger partial charge is 0.465 e. The fourth-order valence-electron chi connectivity index (χ4n) is 2.61. The molecular weight excluding hydrogens is 399 g/mol. The van der Waals surface area contributed by atoms with E-state index in [2.05, 4.69) is 5.32 Å². The number of ketones is 1. The molecule has 3 aromatic rings. The van der Waals surface area contributed by atoms with Gasteiger partial charge >= 0.3 is 5.97 Å². The van der Waals surface area contributed by atoms with Crippen molar-refractivity contribution in [1.29, 1.82) is 0 Å². The summed E-state index contributed by atoms with van der Waals surface area (Å²) in [6, 6.07) is 16.2. The summed E-state index contributed by atoms with van der Waals surface area (Å²) in [4.78, 5) is 25.0. The van der Waals surface area contributed by atoms with Crippen LogP contribution >= 0.6 is 23.2 Å². The number of anilines is 3. The molecule has 0 saturated carbocycles. The van der Waals surface area contributed by atoms with Gasteiger partial charge in [-0.3, -0.25) is 4.79 Å². The van der Waals surface area contributed by atoms with Crippen LogP contribution in [0, 0.1) is 0 Å². The second-order valence-corrected chi connectivity index (χ2v) is 6.80. The molecule has 3 aromatic carbocycles. The number of nitrogen functional groups attached to an aromatic ring is 1. The van der Waals surface area contributed by atoms with Crippen LogP contribution in [0.3, 0.4) is 0 Å². The number of nitrogens with one attached hydrogen (secondary N) is 1. The Hall–Kier alpha value is -3.02. The number of carbonyl (C=O) groups excluding carboxylic acids is 2. The van der Waals surface area contributed by atoms with E-state index in [0.29, 0.717) is 38.2 Å². The third kappa shape index (κ3) is 4.27. The lowest BCUT2D eigenvalue weighted by Gasteiger charge is -2.14. The van der Waals surface area contributed by atoms with Crippen molar-refractivity contribution in [3.63, 3.8) is 0 Å². The maximum Gasteiger partial charge on any atom is 0.339 e. The summed E-state index contributed by atoms with van der Waals surface area (Å²) in [6.07, 6.45) is 0. The molecule has 0 radical (unpaired) electrons. The SMILES string of the molecule is COC(=O)c1cc(C(=O)c2ccc(N)cc2)ccc1Nc1ccc(Cl)cc1Cl. The van der Waals surface area contributed by atoms with Crippen molar-refractivity contribution < 1.29 is 14.3 Å². The summed E-state index contributed by atoms with van der Waals surface area (Å²) in [5.41, 5.74) is 8.25. The van der Waals surface area contributed by atoms with E-state index >= 15 is 0 Å². The molecule has 0 amide bonds. The van der Waals surface area contributed by atoms with Crippen molar-refractivity contribution in [2.24, 2.45) is 0 Å². The van der Waals surface area contributed by atoms with Gasteiger partial charge in [-0.2, -0.15) is 0 Å². The van der Waals surface area contributed by atoms with E-state index in [1.165, 1.54) is 13.2 Å². The predicted octanol–water partition coefficient (Wildman–Crippen LogP) is 5.34. The van der Waals surface area contributed by atoms with E-state index in [1.807, 2.05) is 0 Å². The lowest BCUT2D eigenvalue weighted by Crippen LogP contribution is -2.09. The maximum atomic E-state index is 12.7. The number of hydrogen-bond donors (Lipinski definition) is 2. The zero-order valence-corrected chi connectivity index (χ0v) is 16.3. The Morgan fingerprint density at radius 1 is 0.893 bits per heavy atom. The smallest absolute Gasteiger partial charge is 0.339 e. The molecule has 3 N–H and O–H groups in total. The number of methoxy groups -OCH3 is 1. The normalized spacial score (nSPS) is 10.4. The zero-order chi connectivity index (χ0) is 20.3. The quantitative estimate of drug-likeness (QED) is 0.334. The van der Waals surface area contributed by atoms with Gasteiger partial charge in [-0.05, 0) is 60.7 Å². The number of esters is 1. The third-order valence-electron chi connectivity index (χ3n) is 4.06. The molecule has 0 aromatic heterocycles. The Labute approximate surface area is 172 Å². The first-order valence-corrected chi connectivity index (χ1v) is 8.99. The van der Waals surface area contributed by atoms with E-state index in [4.69, 9.17) is 33.7 Å². The third-order valence-corrected chi connectivity index (χ3v) is 4.61. The van der Waals surface area contributed by atoms with E-state index in [1.54, 1.807) is 54.6 Å². The Morgan fingerprint density at radius 2 is 1.54 bits per heavy atom. The van der Waals surface area contributed by atoms with Crippen LogP contribution in [0.5, 0.6) is 0 Å². The minimum atomic E-state index is -0.584. The molecule has 0 bridgehead atoms. The summed E-state index contributed by atoms with van der Waals surface area (Å²) in [6.45, 7) is 0. The van der Waals surface area contributed by atoms with Crippen molar-refractivity contribution in [3.8, 4) is 0 Å². The predicted molar refractivity (Wildman–Crippen MR) is 112 cm³/mol. The summed E-state index contributed by atoms with van der Waals surface area (Å²) in [5, 5.41) is 3.96. The number of rotatable bonds is 5. The van der Waals surface area contributed by atoms with Gasteiger partial charge in [0.2, 0.25) is 0 Å². The minimum absolute atomic E-state index is 0.204. The highest BCUT2D eigenvalue weighted by atomic mass is 35.5. The van der Waals surface area contributed by atoms with Gasteiger partial charge in [-0.25, -0.2) is 4.79 Å². The van der Waals surface area contributed by atoms with Crippen molar-refractivity contribution in [2.75, 3.05) is 18.2 Å². The summed E-state index contributed by atoms with van der Waals surface area (Å²) >= 11 is 12.1. The van der Waals surface area contributed by atoms with Crippen LogP contribution in [0.2, 0.25) is 10.0 Å². The number of carbonyl (C=O) groups is 2. The fourth-order valence-corrected chi connectivity index (χ4v) is 3.07. The number of hydrogen-bond acceptors (Lipinski definition) is 5. The van der Waals surface area contributed by atoms with Crippen molar-refractivity contribution in [2.45, 2.75) is 0 Å². The van der Waals surface area contributed by atoms with Crippen LogP contribution in [0.25, 0.3) is 0 Å². The Kier molecular flexibility index (Phi) is 5.87. The molecule has 5 nitrogen and oxygen atoms in total. The summed E-state index contributed by atoms with van der Waals surface area (Å²) < 4.78 is 4.86. The van der Waals surface area contributed by atoms with Crippen LogP contribution in [0.15, 0.2) is 60.7 Å². The second kappa shape index (κ2) is 8.33. The lowest BCUT2D eigenvalue weighted by atomic mass is 10.00. The van der Waals surface area contributed by atoms with Gasteiger partial charge in [0, 0.05) is 21.8 Å². The van der Waals surface area contributed by atoms with E-state index in [0.717, 1.165) is 0 Å². The number of halogens is 2. The Bertz CT molecular complexity index is 1050. The first-order chi connectivity index (χ1) is 13.4. The van der Waals surface area contributed by atoms with E-state index < -0.39 is 5.97 Å². The molecule has 7 heteroatoms. The molecule has 0 heterocycles. The molecule has 0 aliphatic rings. The topological polar surface area (TPSA) is 81.4 Å². The van der Waals surface area contributed by atoms with Crippen LogP contribution in [-0.4, -0.2) is 18.9 Å². The van der Waals surface area contributed by atoms with Crippen molar-refractivity contribution in [3.05, 3.63) is 87.4 Å². The molecular formula is C21H16Cl2N2O3. The molecule has 0 atom stereocenters. The van der Waals surface area contributed by atoms with Gasteiger partial charge in [0.05, 0.1) is 29.1 Å². The number of benzene rings is 3. The average Bonchev–Trinajstić information content (AvgIpc) is 2.69. The van der Waals surface area contributed by atoms with E-state index in [9.17, 15) is 9.59 Å². The lowest BCUT2D eigenvalue weighted by molar-refractivity contribution is 0.0602. The highest BCUT2D eigenvalue weighted by molar-refractivity contribution is 6.36. The number of nitrogens with two attached hydrogens (primary N) is 1. The standard InChI is InChI=1S/C21H16Cl2N2O3/c1-28-21(27)16-10-13(20(26)12-2-6-15(24)7-3-12)4-8-18(16)25-19-9-5-14(22)11-17(19)23/h2-11,25H,24H2,1H3. The van der Waals surface area contributed by atoms with Crippen LogP contribution in [0.4, 0.5) is 17.1 Å². The first kappa shape index (κ1) is 19.7. The first-order valence-electron chi connectivity index (χ1n) is 8.23. The van der Waals surface area contributed by atoms with Gasteiger partial charge in [-0.1, -0.05) is 23.2 Å². The minimum Gasteiger partial charge on any atom is -0.465 e. The molecule has 3 rings (SSSR count). The molecule has 0 fully saturated rings. The van der Waals surface area contributed by atoms with Gasteiger partial charge < -0.3 is 15.8 Å². The average molecular weight is 415 g/mol. The number of ether oxygens (including phenoxy) is 1. The van der Waals surface area contributed by atoms with Crippen molar-refractivity contribution in [1.82, 2.24) is 0 Å². The summed E-state index contributed by atoms with van der Waals surface area (Å²) in [7, 11) is 1.27. The van der Waals surface area contributed by atoms with Gasteiger partial charge in [0.1, 0.15) is 0 Å². The second-order valence-electron chi connectivity index (χ2n) is 5.95. The van der Waals surface area contributed by atoms with Gasteiger partial charge in [0.25, 0.3) is 0 Å². The molecule has 0 saturated heterocycles. The molecule has 0 aliphatic carbocycles. The maximum absolute atomic E-state index is 12.7. The van der Waals surface area contributed by atoms with Crippen LogP contribution < -0.4 is 11.1 Å². The molecule has 28 heavy (non-hydrogen) atoms. The Balaban J connectivity index is 1.99.